The smallest absolute Gasteiger partial charge is 0.134 e. The van der Waals surface area contributed by atoms with E-state index < -0.39 is 0 Å². The summed E-state index contributed by atoms with van der Waals surface area (Å²) in [6, 6.07) is 5.25. The summed E-state index contributed by atoms with van der Waals surface area (Å²) >= 11 is 1.50. The first-order valence-corrected chi connectivity index (χ1v) is 5.17. The highest BCUT2D eigenvalue weighted by Crippen LogP contribution is 2.32. The predicted octanol–water partition coefficient (Wildman–Crippen LogP) is 2.30. The van der Waals surface area contributed by atoms with E-state index in [0.29, 0.717) is 0 Å². The molecule has 13 heavy (non-hydrogen) atoms. The third kappa shape index (κ3) is 2.05. The number of nitrogens with two attached hydrogens (primary N) is 1. The number of aromatic hydroxyl groups is 1. The zero-order valence-corrected chi connectivity index (χ0v) is 8.34. The van der Waals surface area contributed by atoms with Crippen molar-refractivity contribution in [2.24, 2.45) is 5.73 Å². The Morgan fingerprint density at radius 1 is 1.62 bits per heavy atom. The Kier molecular flexibility index (Phi) is 3.39. The number of para-hydroxylation sites is 1. The van der Waals surface area contributed by atoms with Crippen LogP contribution >= 0.6 is 11.8 Å². The Labute approximate surface area is 82.5 Å². The average Bonchev–Trinajstić information content (AvgIpc) is 2.17. The monoisotopic (exact) mass is 195 g/mol. The van der Waals surface area contributed by atoms with E-state index in [-0.39, 0.29) is 11.8 Å². The fraction of sp³-hybridized carbons (Fsp3) is 0.200. The van der Waals surface area contributed by atoms with Crippen molar-refractivity contribution < 1.29 is 5.11 Å². The lowest BCUT2D eigenvalue weighted by Gasteiger charge is -2.11. The van der Waals surface area contributed by atoms with Gasteiger partial charge in [-0.1, -0.05) is 18.2 Å². The molecule has 0 aliphatic heterocycles. The van der Waals surface area contributed by atoms with E-state index in [1.54, 1.807) is 12.1 Å². The van der Waals surface area contributed by atoms with Gasteiger partial charge in [-0.05, 0) is 12.3 Å². The fourth-order valence-corrected chi connectivity index (χ4v) is 1.63. The molecule has 0 saturated carbocycles. The second-order valence-corrected chi connectivity index (χ2v) is 3.51. The molecule has 0 saturated heterocycles. The van der Waals surface area contributed by atoms with Gasteiger partial charge in [-0.2, -0.15) is 0 Å². The second kappa shape index (κ2) is 4.35. The van der Waals surface area contributed by atoms with E-state index in [2.05, 4.69) is 6.58 Å². The molecule has 0 aliphatic carbocycles. The zero-order chi connectivity index (χ0) is 9.84. The van der Waals surface area contributed by atoms with Crippen LogP contribution < -0.4 is 5.73 Å². The Morgan fingerprint density at radius 2 is 2.31 bits per heavy atom. The van der Waals surface area contributed by atoms with Crippen LogP contribution in [0.3, 0.4) is 0 Å². The van der Waals surface area contributed by atoms with Gasteiger partial charge < -0.3 is 10.8 Å². The summed E-state index contributed by atoms with van der Waals surface area (Å²) in [6.07, 6.45) is 3.53. The lowest BCUT2D eigenvalue weighted by molar-refractivity contribution is 0.453. The van der Waals surface area contributed by atoms with Gasteiger partial charge in [0.15, 0.2) is 0 Å². The number of hydrogen-bond acceptors (Lipinski definition) is 3. The summed E-state index contributed by atoms with van der Waals surface area (Å²) in [7, 11) is 0. The summed E-state index contributed by atoms with van der Waals surface area (Å²) < 4.78 is 0. The van der Waals surface area contributed by atoms with Gasteiger partial charge >= 0.3 is 0 Å². The van der Waals surface area contributed by atoms with Crippen LogP contribution in [0, 0.1) is 0 Å². The van der Waals surface area contributed by atoms with E-state index >= 15 is 0 Å². The van der Waals surface area contributed by atoms with E-state index in [1.807, 2.05) is 18.4 Å². The highest BCUT2D eigenvalue weighted by Gasteiger charge is 2.09. The topological polar surface area (TPSA) is 46.2 Å². The predicted molar refractivity (Wildman–Crippen MR) is 57.0 cm³/mol. The molecule has 0 aliphatic rings. The van der Waals surface area contributed by atoms with Crippen molar-refractivity contribution in [1.29, 1.82) is 0 Å². The maximum absolute atomic E-state index is 9.74. The Hall–Kier alpha value is -0.930. The molecule has 1 atom stereocenters. The van der Waals surface area contributed by atoms with Crippen LogP contribution in [0.2, 0.25) is 0 Å². The molecule has 3 heteroatoms. The average molecular weight is 195 g/mol. The van der Waals surface area contributed by atoms with Crippen molar-refractivity contribution in [3.63, 3.8) is 0 Å². The van der Waals surface area contributed by atoms with Crippen LogP contribution in [-0.2, 0) is 0 Å². The van der Waals surface area contributed by atoms with Gasteiger partial charge in [0.25, 0.3) is 0 Å². The molecule has 1 rings (SSSR count). The maximum Gasteiger partial charge on any atom is 0.134 e. The molecule has 1 aromatic rings. The van der Waals surface area contributed by atoms with E-state index in [1.165, 1.54) is 11.8 Å². The molecule has 3 N–H and O–H groups in total. The largest absolute Gasteiger partial charge is 0.506 e. The van der Waals surface area contributed by atoms with Gasteiger partial charge in [0.1, 0.15) is 5.75 Å². The molecule has 2 nitrogen and oxygen atoms in total. The van der Waals surface area contributed by atoms with Gasteiger partial charge in [-0.3, -0.25) is 0 Å². The molecule has 0 aromatic heterocycles. The normalized spacial score (nSPS) is 12.5. The number of thioether (sulfide) groups is 1. The first-order valence-electron chi connectivity index (χ1n) is 3.94. The van der Waals surface area contributed by atoms with Gasteiger partial charge in [-0.25, -0.2) is 0 Å². The zero-order valence-electron chi connectivity index (χ0n) is 7.53. The van der Waals surface area contributed by atoms with Crippen LogP contribution in [0.5, 0.6) is 5.75 Å². The highest BCUT2D eigenvalue weighted by molar-refractivity contribution is 7.98. The molecule has 1 aromatic carbocycles. The van der Waals surface area contributed by atoms with E-state index in [9.17, 15) is 5.11 Å². The van der Waals surface area contributed by atoms with Crippen molar-refractivity contribution in [3.05, 3.63) is 36.4 Å². The quantitative estimate of drug-likeness (QED) is 0.574. The van der Waals surface area contributed by atoms with Crippen molar-refractivity contribution in [2.45, 2.75) is 10.9 Å². The van der Waals surface area contributed by atoms with Crippen LogP contribution in [0.25, 0.3) is 0 Å². The highest BCUT2D eigenvalue weighted by atomic mass is 32.2. The van der Waals surface area contributed by atoms with Crippen molar-refractivity contribution in [3.8, 4) is 5.75 Å². The van der Waals surface area contributed by atoms with Crippen LogP contribution in [0.4, 0.5) is 0 Å². The van der Waals surface area contributed by atoms with Crippen molar-refractivity contribution in [1.82, 2.24) is 0 Å². The van der Waals surface area contributed by atoms with Gasteiger partial charge in [-0.15, -0.1) is 18.3 Å². The summed E-state index contributed by atoms with van der Waals surface area (Å²) in [5.74, 6) is 0.266. The van der Waals surface area contributed by atoms with Gasteiger partial charge in [0, 0.05) is 10.5 Å². The number of benzene rings is 1. The summed E-state index contributed by atoms with van der Waals surface area (Å²) in [6.45, 7) is 3.59. The lowest BCUT2D eigenvalue weighted by Crippen LogP contribution is -2.06. The molecule has 0 bridgehead atoms. The Morgan fingerprint density at radius 3 is 2.85 bits per heavy atom. The minimum Gasteiger partial charge on any atom is -0.506 e. The first kappa shape index (κ1) is 10.2. The molecular formula is C10H13NOS. The molecule has 0 spiro atoms. The van der Waals surface area contributed by atoms with Crippen LogP contribution in [0.15, 0.2) is 35.7 Å². The standard InChI is InChI=1S/C10H13NOS/c1-3-8(11)7-5-4-6-9(13-2)10(7)12/h3-6,8,12H,1,11H2,2H3/t8-/m1/s1. The number of phenolic OH excluding ortho intramolecular Hbond substituents is 1. The lowest BCUT2D eigenvalue weighted by atomic mass is 10.1. The summed E-state index contributed by atoms with van der Waals surface area (Å²) in [5.41, 5.74) is 6.46. The molecule has 70 valence electrons. The second-order valence-electron chi connectivity index (χ2n) is 2.66. The van der Waals surface area contributed by atoms with Gasteiger partial charge in [0.05, 0.1) is 6.04 Å². The van der Waals surface area contributed by atoms with Crippen LogP contribution in [0.1, 0.15) is 11.6 Å². The minimum atomic E-state index is -0.299. The van der Waals surface area contributed by atoms with E-state index in [0.717, 1.165) is 10.5 Å². The minimum absolute atomic E-state index is 0.266. The molecule has 0 amide bonds. The SMILES string of the molecule is C=C[C@@H](N)c1cccc(SC)c1O. The molecule has 0 heterocycles. The molecule has 0 radical (unpaired) electrons. The maximum atomic E-state index is 9.74. The van der Waals surface area contributed by atoms with Gasteiger partial charge in [0.2, 0.25) is 0 Å². The molecule has 0 unspecified atom stereocenters. The fourth-order valence-electron chi connectivity index (χ4n) is 1.10. The Balaban J connectivity index is 3.14. The van der Waals surface area contributed by atoms with Crippen molar-refractivity contribution >= 4 is 11.8 Å². The number of hydrogen-bond donors (Lipinski definition) is 2. The van der Waals surface area contributed by atoms with Crippen LogP contribution in [-0.4, -0.2) is 11.4 Å². The number of phenols is 1. The first-order chi connectivity index (χ1) is 6.20. The summed E-state index contributed by atoms with van der Waals surface area (Å²) in [4.78, 5) is 0.842. The molecular weight excluding hydrogens is 182 g/mol. The molecule has 0 fully saturated rings. The summed E-state index contributed by atoms with van der Waals surface area (Å²) in [5, 5.41) is 9.74. The third-order valence-electron chi connectivity index (χ3n) is 1.86. The Bertz CT molecular complexity index is 312. The van der Waals surface area contributed by atoms with E-state index in [4.69, 9.17) is 5.73 Å². The third-order valence-corrected chi connectivity index (χ3v) is 2.63. The number of rotatable bonds is 3. The van der Waals surface area contributed by atoms with Crippen molar-refractivity contribution in [2.75, 3.05) is 6.26 Å².